The first-order valence-corrected chi connectivity index (χ1v) is 2.87. The summed E-state index contributed by atoms with van der Waals surface area (Å²) in [5, 5.41) is 16.4. The van der Waals surface area contributed by atoms with Crippen LogP contribution in [0.3, 0.4) is 0 Å². The molecule has 5 nitrogen and oxygen atoms in total. The standard InChI is InChI=1S/C4H7NO4S/c6-3(7)1-2(5-10)4(8)9/h2,5,10H,1H2,(H,6,7)(H,8,9). The lowest BCUT2D eigenvalue weighted by Gasteiger charge is -2.05. The SMILES string of the molecule is O=C(O)CC(NS)C(=O)O. The Morgan fingerprint density at radius 2 is 2.00 bits per heavy atom. The highest BCUT2D eigenvalue weighted by Gasteiger charge is 2.18. The molecule has 0 amide bonds. The predicted molar refractivity (Wildman–Crippen MR) is 35.8 cm³/mol. The molecule has 0 rings (SSSR count). The van der Waals surface area contributed by atoms with Crippen molar-refractivity contribution < 1.29 is 19.8 Å². The first kappa shape index (κ1) is 9.25. The van der Waals surface area contributed by atoms with Crippen LogP contribution in [-0.2, 0) is 9.59 Å². The van der Waals surface area contributed by atoms with Crippen LogP contribution in [0.1, 0.15) is 6.42 Å². The van der Waals surface area contributed by atoms with Crippen molar-refractivity contribution in [3.63, 3.8) is 0 Å². The molecule has 1 atom stereocenters. The van der Waals surface area contributed by atoms with Crippen LogP contribution in [0.4, 0.5) is 0 Å². The first-order valence-electron chi connectivity index (χ1n) is 2.42. The van der Waals surface area contributed by atoms with Gasteiger partial charge in [0.15, 0.2) is 0 Å². The van der Waals surface area contributed by atoms with E-state index in [9.17, 15) is 9.59 Å². The van der Waals surface area contributed by atoms with Gasteiger partial charge in [-0.3, -0.25) is 14.3 Å². The molecule has 6 heteroatoms. The van der Waals surface area contributed by atoms with Gasteiger partial charge < -0.3 is 10.2 Å². The molecular formula is C4H7NO4S. The zero-order valence-corrected chi connectivity index (χ0v) is 5.84. The number of thiol groups is 1. The molecule has 0 aliphatic carbocycles. The van der Waals surface area contributed by atoms with Gasteiger partial charge >= 0.3 is 11.9 Å². The van der Waals surface area contributed by atoms with Crippen molar-refractivity contribution in [1.82, 2.24) is 4.72 Å². The van der Waals surface area contributed by atoms with Crippen molar-refractivity contribution in [3.05, 3.63) is 0 Å². The minimum absolute atomic E-state index is 0.473. The van der Waals surface area contributed by atoms with E-state index in [1.807, 2.05) is 4.72 Å². The Hall–Kier alpha value is -0.750. The summed E-state index contributed by atoms with van der Waals surface area (Å²) in [6, 6.07) is -1.12. The Kier molecular flexibility index (Phi) is 3.82. The van der Waals surface area contributed by atoms with E-state index in [1.54, 1.807) is 0 Å². The molecule has 58 valence electrons. The molecule has 3 N–H and O–H groups in total. The van der Waals surface area contributed by atoms with Crippen molar-refractivity contribution in [1.29, 1.82) is 0 Å². The molecule has 0 spiro atoms. The molecule has 0 aromatic carbocycles. The van der Waals surface area contributed by atoms with Gasteiger partial charge in [0.05, 0.1) is 6.42 Å². The number of hydrogen-bond acceptors (Lipinski definition) is 4. The highest BCUT2D eigenvalue weighted by Crippen LogP contribution is 1.92. The second-order valence-electron chi connectivity index (χ2n) is 1.62. The Morgan fingerprint density at radius 3 is 2.10 bits per heavy atom. The molecule has 0 radical (unpaired) electrons. The second-order valence-corrected chi connectivity index (χ2v) is 1.88. The maximum Gasteiger partial charge on any atom is 0.322 e. The largest absolute Gasteiger partial charge is 0.481 e. The zero-order valence-electron chi connectivity index (χ0n) is 4.94. The monoisotopic (exact) mass is 165 g/mol. The predicted octanol–water partition coefficient (Wildman–Crippen LogP) is -0.651. The highest BCUT2D eigenvalue weighted by molar-refractivity contribution is 7.78. The molecule has 10 heavy (non-hydrogen) atoms. The van der Waals surface area contributed by atoms with E-state index in [0.29, 0.717) is 0 Å². The number of nitrogens with one attached hydrogen (secondary N) is 1. The van der Waals surface area contributed by atoms with Crippen molar-refractivity contribution in [2.45, 2.75) is 12.5 Å². The molecule has 0 heterocycles. The third kappa shape index (κ3) is 3.31. The van der Waals surface area contributed by atoms with Crippen LogP contribution in [-0.4, -0.2) is 28.2 Å². The zero-order chi connectivity index (χ0) is 8.15. The number of carboxylic acid groups (broad SMARTS) is 2. The van der Waals surface area contributed by atoms with Gasteiger partial charge in [-0.2, -0.15) is 0 Å². The highest BCUT2D eigenvalue weighted by atomic mass is 32.1. The van der Waals surface area contributed by atoms with Crippen LogP contribution in [0, 0.1) is 0 Å². The molecule has 0 fully saturated rings. The summed E-state index contributed by atoms with van der Waals surface area (Å²) in [5.74, 6) is -2.40. The summed E-state index contributed by atoms with van der Waals surface area (Å²) in [7, 11) is 0. The lowest BCUT2D eigenvalue weighted by molar-refractivity contribution is -0.145. The van der Waals surface area contributed by atoms with Crippen LogP contribution in [0.15, 0.2) is 0 Å². The molecule has 0 aliphatic rings. The normalized spacial score (nSPS) is 12.5. The minimum Gasteiger partial charge on any atom is -0.481 e. The molecule has 0 aliphatic heterocycles. The van der Waals surface area contributed by atoms with E-state index in [1.165, 1.54) is 0 Å². The second kappa shape index (κ2) is 4.13. The van der Waals surface area contributed by atoms with Crippen LogP contribution >= 0.6 is 12.8 Å². The third-order valence-corrected chi connectivity index (χ3v) is 1.14. The topological polar surface area (TPSA) is 86.6 Å². The molecule has 0 saturated carbocycles. The van der Waals surface area contributed by atoms with Gasteiger partial charge in [-0.05, 0) is 0 Å². The fourth-order valence-corrected chi connectivity index (χ4v) is 0.565. The summed E-state index contributed by atoms with van der Waals surface area (Å²) in [4.78, 5) is 20.0. The van der Waals surface area contributed by atoms with Crippen LogP contribution in [0.25, 0.3) is 0 Å². The molecular weight excluding hydrogens is 158 g/mol. The Balaban J connectivity index is 3.83. The molecule has 0 bridgehead atoms. The average Bonchev–Trinajstić information content (AvgIpc) is 1.81. The fraction of sp³-hybridized carbons (Fsp3) is 0.500. The summed E-state index contributed by atoms with van der Waals surface area (Å²) >= 11 is 3.44. The van der Waals surface area contributed by atoms with Gasteiger partial charge in [0.25, 0.3) is 0 Å². The summed E-state index contributed by atoms with van der Waals surface area (Å²) in [6.07, 6.45) is -0.473. The lowest BCUT2D eigenvalue weighted by atomic mass is 10.2. The third-order valence-electron chi connectivity index (χ3n) is 0.833. The maximum absolute atomic E-state index is 10.1. The van der Waals surface area contributed by atoms with E-state index in [0.717, 1.165) is 0 Å². The van der Waals surface area contributed by atoms with Crippen LogP contribution < -0.4 is 4.72 Å². The van der Waals surface area contributed by atoms with Gasteiger partial charge in [-0.1, -0.05) is 12.8 Å². The molecule has 1 unspecified atom stereocenters. The number of rotatable bonds is 4. The quantitative estimate of drug-likeness (QED) is 0.416. The van der Waals surface area contributed by atoms with E-state index >= 15 is 0 Å². The Bertz CT molecular complexity index is 148. The van der Waals surface area contributed by atoms with Gasteiger partial charge in [-0.15, -0.1) is 0 Å². The summed E-state index contributed by atoms with van der Waals surface area (Å²) < 4.78 is 2.05. The van der Waals surface area contributed by atoms with Crippen molar-refractivity contribution in [3.8, 4) is 0 Å². The molecule has 0 aromatic heterocycles. The van der Waals surface area contributed by atoms with Crippen molar-refractivity contribution >= 4 is 24.8 Å². The number of carbonyl (C=O) groups is 2. The van der Waals surface area contributed by atoms with E-state index in [2.05, 4.69) is 12.8 Å². The van der Waals surface area contributed by atoms with Gasteiger partial charge in [-0.25, -0.2) is 0 Å². The molecule has 0 aromatic rings. The van der Waals surface area contributed by atoms with Gasteiger partial charge in [0, 0.05) is 0 Å². The average molecular weight is 165 g/mol. The maximum atomic E-state index is 10.1. The minimum atomic E-state index is -1.22. The van der Waals surface area contributed by atoms with E-state index < -0.39 is 24.4 Å². The fourth-order valence-electron chi connectivity index (χ4n) is 0.363. The lowest BCUT2D eigenvalue weighted by Crippen LogP contribution is -2.32. The first-order chi connectivity index (χ1) is 4.57. The number of aliphatic carboxylic acids is 2. The van der Waals surface area contributed by atoms with E-state index in [4.69, 9.17) is 10.2 Å². The summed E-state index contributed by atoms with van der Waals surface area (Å²) in [6.45, 7) is 0. The van der Waals surface area contributed by atoms with Gasteiger partial charge in [0.2, 0.25) is 0 Å². The van der Waals surface area contributed by atoms with Crippen molar-refractivity contribution in [2.75, 3.05) is 0 Å². The number of hydrogen-bond donors (Lipinski definition) is 4. The number of carboxylic acids is 2. The Morgan fingerprint density at radius 1 is 1.50 bits per heavy atom. The molecule has 0 saturated heterocycles. The summed E-state index contributed by atoms with van der Waals surface area (Å²) in [5.41, 5.74) is 0. The Labute approximate surface area is 62.6 Å². The van der Waals surface area contributed by atoms with Crippen LogP contribution in [0.2, 0.25) is 0 Å². The van der Waals surface area contributed by atoms with Crippen LogP contribution in [0.5, 0.6) is 0 Å². The van der Waals surface area contributed by atoms with Crippen molar-refractivity contribution in [2.24, 2.45) is 0 Å². The van der Waals surface area contributed by atoms with E-state index in [-0.39, 0.29) is 0 Å². The smallest absolute Gasteiger partial charge is 0.322 e. The van der Waals surface area contributed by atoms with Gasteiger partial charge in [0.1, 0.15) is 6.04 Å².